The number of hydrogen-bond acceptors (Lipinski definition) is 3. The molecule has 0 radical (unpaired) electrons. The lowest BCUT2D eigenvalue weighted by Crippen LogP contribution is -2.46. The lowest BCUT2D eigenvalue weighted by Gasteiger charge is -2.28. The number of rotatable bonds is 2. The zero-order chi connectivity index (χ0) is 14.9. The van der Waals surface area contributed by atoms with Gasteiger partial charge in [-0.3, -0.25) is 9.59 Å². The summed E-state index contributed by atoms with van der Waals surface area (Å²) < 4.78 is 0. The monoisotopic (exact) mass is 283 g/mol. The molecule has 2 aliphatic heterocycles. The minimum atomic E-state index is -0.842. The normalized spacial score (nSPS) is 29.6. The molecular formula is C13H21N3O4. The van der Waals surface area contributed by atoms with Crippen molar-refractivity contribution in [3.63, 3.8) is 0 Å². The van der Waals surface area contributed by atoms with Crippen molar-refractivity contribution < 1.29 is 19.5 Å². The number of nitrogens with zero attached hydrogens (tertiary/aromatic N) is 2. The van der Waals surface area contributed by atoms with Crippen molar-refractivity contribution >= 4 is 17.9 Å². The Kier molecular flexibility index (Phi) is 4.15. The molecule has 0 bridgehead atoms. The van der Waals surface area contributed by atoms with Gasteiger partial charge >= 0.3 is 12.0 Å². The SMILES string of the molecule is CC(=O)NC1CCN(C(=O)N2CCC(C(=O)O)C2C)C1. The van der Waals surface area contributed by atoms with Crippen molar-refractivity contribution in [1.29, 1.82) is 0 Å². The van der Waals surface area contributed by atoms with Crippen LogP contribution >= 0.6 is 0 Å². The second-order valence-electron chi connectivity index (χ2n) is 5.58. The number of carbonyl (C=O) groups is 3. The fourth-order valence-corrected chi connectivity index (χ4v) is 3.06. The third kappa shape index (κ3) is 2.86. The van der Waals surface area contributed by atoms with E-state index in [9.17, 15) is 14.4 Å². The Morgan fingerprint density at radius 2 is 1.90 bits per heavy atom. The van der Waals surface area contributed by atoms with E-state index in [0.29, 0.717) is 26.1 Å². The van der Waals surface area contributed by atoms with Gasteiger partial charge in [-0.15, -0.1) is 0 Å². The number of hydrogen-bond donors (Lipinski definition) is 2. The summed E-state index contributed by atoms with van der Waals surface area (Å²) in [5, 5.41) is 11.9. The van der Waals surface area contributed by atoms with E-state index in [-0.39, 0.29) is 24.0 Å². The van der Waals surface area contributed by atoms with Gasteiger partial charge in [-0.25, -0.2) is 4.79 Å². The molecule has 20 heavy (non-hydrogen) atoms. The molecule has 0 aromatic carbocycles. The van der Waals surface area contributed by atoms with Crippen LogP contribution in [0.1, 0.15) is 26.7 Å². The van der Waals surface area contributed by atoms with Crippen LogP contribution in [0.3, 0.4) is 0 Å². The molecule has 2 heterocycles. The van der Waals surface area contributed by atoms with Gasteiger partial charge in [0.2, 0.25) is 5.91 Å². The summed E-state index contributed by atoms with van der Waals surface area (Å²) in [7, 11) is 0. The molecule has 2 N–H and O–H groups in total. The first-order valence-electron chi connectivity index (χ1n) is 6.95. The molecule has 0 aromatic rings. The van der Waals surface area contributed by atoms with Crippen molar-refractivity contribution in [3.05, 3.63) is 0 Å². The standard InChI is InChI=1S/C13H21N3O4/c1-8-11(12(18)19)4-6-16(8)13(20)15-5-3-10(7-15)14-9(2)17/h8,10-11H,3-7H2,1-2H3,(H,14,17)(H,18,19). The Bertz CT molecular complexity index is 426. The highest BCUT2D eigenvalue weighted by atomic mass is 16.4. The van der Waals surface area contributed by atoms with Crippen molar-refractivity contribution in [1.82, 2.24) is 15.1 Å². The first kappa shape index (κ1) is 14.6. The summed E-state index contributed by atoms with van der Waals surface area (Å²) in [4.78, 5) is 37.8. The molecule has 3 atom stereocenters. The van der Waals surface area contributed by atoms with Crippen LogP contribution in [0.2, 0.25) is 0 Å². The molecule has 3 amide bonds. The third-order valence-corrected chi connectivity index (χ3v) is 4.18. The van der Waals surface area contributed by atoms with E-state index in [2.05, 4.69) is 5.32 Å². The zero-order valence-electron chi connectivity index (χ0n) is 11.8. The van der Waals surface area contributed by atoms with E-state index >= 15 is 0 Å². The highest BCUT2D eigenvalue weighted by Crippen LogP contribution is 2.26. The van der Waals surface area contributed by atoms with E-state index in [1.165, 1.54) is 6.92 Å². The molecule has 2 saturated heterocycles. The number of likely N-dealkylation sites (tertiary alicyclic amines) is 2. The Morgan fingerprint density at radius 1 is 1.20 bits per heavy atom. The average molecular weight is 283 g/mol. The summed E-state index contributed by atoms with van der Waals surface area (Å²) in [6.07, 6.45) is 1.25. The second-order valence-corrected chi connectivity index (χ2v) is 5.58. The molecule has 3 unspecified atom stereocenters. The first-order valence-corrected chi connectivity index (χ1v) is 6.95. The van der Waals surface area contributed by atoms with Crippen molar-refractivity contribution in [3.8, 4) is 0 Å². The smallest absolute Gasteiger partial charge is 0.320 e. The van der Waals surface area contributed by atoms with Crippen LogP contribution in [0.25, 0.3) is 0 Å². The molecule has 7 heteroatoms. The fraction of sp³-hybridized carbons (Fsp3) is 0.769. The highest BCUT2D eigenvalue weighted by Gasteiger charge is 2.40. The van der Waals surface area contributed by atoms with Gasteiger partial charge in [0, 0.05) is 38.6 Å². The summed E-state index contributed by atoms with van der Waals surface area (Å²) in [5.41, 5.74) is 0. The molecule has 0 spiro atoms. The highest BCUT2D eigenvalue weighted by molar-refractivity contribution is 5.79. The maximum Gasteiger partial charge on any atom is 0.320 e. The van der Waals surface area contributed by atoms with Crippen LogP contribution in [0.15, 0.2) is 0 Å². The van der Waals surface area contributed by atoms with Crippen molar-refractivity contribution in [2.75, 3.05) is 19.6 Å². The summed E-state index contributed by atoms with van der Waals surface area (Å²) in [6.45, 7) is 4.83. The number of amides is 3. The van der Waals surface area contributed by atoms with E-state index < -0.39 is 11.9 Å². The molecule has 2 fully saturated rings. The Balaban J connectivity index is 1.93. The van der Waals surface area contributed by atoms with Gasteiger partial charge in [0.1, 0.15) is 0 Å². The minimum absolute atomic E-state index is 0.00429. The average Bonchev–Trinajstić information content (AvgIpc) is 2.94. The summed E-state index contributed by atoms with van der Waals surface area (Å²) in [6, 6.07) is -0.390. The predicted octanol–water partition coefficient (Wildman–Crippen LogP) is 0.112. The molecular weight excluding hydrogens is 262 g/mol. The molecule has 2 aliphatic rings. The van der Waals surface area contributed by atoms with Crippen LogP contribution < -0.4 is 5.32 Å². The molecule has 0 aromatic heterocycles. The van der Waals surface area contributed by atoms with Crippen LogP contribution in [0, 0.1) is 5.92 Å². The van der Waals surface area contributed by atoms with Crippen LogP contribution in [-0.2, 0) is 9.59 Å². The topological polar surface area (TPSA) is 90.0 Å². The predicted molar refractivity (Wildman–Crippen MR) is 71.1 cm³/mol. The van der Waals surface area contributed by atoms with Crippen LogP contribution in [0.4, 0.5) is 4.79 Å². The Morgan fingerprint density at radius 3 is 2.45 bits per heavy atom. The molecule has 7 nitrogen and oxygen atoms in total. The van der Waals surface area contributed by atoms with Gasteiger partial charge in [0.15, 0.2) is 0 Å². The number of urea groups is 1. The second kappa shape index (κ2) is 5.68. The van der Waals surface area contributed by atoms with Crippen molar-refractivity contribution in [2.24, 2.45) is 5.92 Å². The van der Waals surface area contributed by atoms with Crippen LogP contribution in [-0.4, -0.2) is 64.5 Å². The Hall–Kier alpha value is -1.79. The number of carboxylic acids is 1. The largest absolute Gasteiger partial charge is 0.481 e. The number of carboxylic acid groups (broad SMARTS) is 1. The molecule has 112 valence electrons. The fourth-order valence-electron chi connectivity index (χ4n) is 3.06. The van der Waals surface area contributed by atoms with Gasteiger partial charge in [-0.05, 0) is 19.8 Å². The van der Waals surface area contributed by atoms with Gasteiger partial charge < -0.3 is 20.2 Å². The molecule has 0 saturated carbocycles. The first-order chi connectivity index (χ1) is 9.40. The number of aliphatic carboxylic acids is 1. The third-order valence-electron chi connectivity index (χ3n) is 4.18. The minimum Gasteiger partial charge on any atom is -0.481 e. The quantitative estimate of drug-likeness (QED) is 0.752. The van der Waals surface area contributed by atoms with Gasteiger partial charge in [-0.2, -0.15) is 0 Å². The van der Waals surface area contributed by atoms with Gasteiger partial charge in [-0.1, -0.05) is 0 Å². The van der Waals surface area contributed by atoms with Crippen LogP contribution in [0.5, 0.6) is 0 Å². The van der Waals surface area contributed by atoms with E-state index in [0.717, 1.165) is 6.42 Å². The maximum absolute atomic E-state index is 12.4. The zero-order valence-corrected chi connectivity index (χ0v) is 11.8. The molecule has 2 rings (SSSR count). The summed E-state index contributed by atoms with van der Waals surface area (Å²) >= 11 is 0. The lowest BCUT2D eigenvalue weighted by molar-refractivity contribution is -0.142. The maximum atomic E-state index is 12.4. The number of carbonyl (C=O) groups excluding carboxylic acids is 2. The lowest BCUT2D eigenvalue weighted by atomic mass is 10.0. The van der Waals surface area contributed by atoms with E-state index in [1.807, 2.05) is 0 Å². The van der Waals surface area contributed by atoms with Gasteiger partial charge in [0.25, 0.3) is 0 Å². The number of nitrogens with one attached hydrogen (secondary N) is 1. The van der Waals surface area contributed by atoms with Crippen molar-refractivity contribution in [2.45, 2.75) is 38.8 Å². The summed E-state index contributed by atoms with van der Waals surface area (Å²) in [5.74, 6) is -1.41. The molecule has 0 aliphatic carbocycles. The Labute approximate surface area is 117 Å². The van der Waals surface area contributed by atoms with E-state index in [4.69, 9.17) is 5.11 Å². The van der Waals surface area contributed by atoms with E-state index in [1.54, 1.807) is 16.7 Å². The van der Waals surface area contributed by atoms with Gasteiger partial charge in [0.05, 0.1) is 5.92 Å².